The zero-order valence-corrected chi connectivity index (χ0v) is 13.2. The highest BCUT2D eigenvalue weighted by Gasteiger charge is 2.32. The van der Waals surface area contributed by atoms with E-state index in [-0.39, 0.29) is 12.2 Å². The van der Waals surface area contributed by atoms with Crippen LogP contribution >= 0.6 is 0 Å². The Kier molecular flexibility index (Phi) is 7.92. The van der Waals surface area contributed by atoms with Crippen molar-refractivity contribution < 1.29 is 9.47 Å². The minimum absolute atomic E-state index is 0.203. The van der Waals surface area contributed by atoms with Gasteiger partial charge in [-0.2, -0.15) is 0 Å². The molecule has 2 aliphatic rings. The summed E-state index contributed by atoms with van der Waals surface area (Å²) in [5.41, 5.74) is 11.2. The zero-order chi connectivity index (χ0) is 14.9. The lowest BCUT2D eigenvalue weighted by molar-refractivity contribution is -0.138. The van der Waals surface area contributed by atoms with Gasteiger partial charge in [0.15, 0.2) is 0 Å². The predicted molar refractivity (Wildman–Crippen MR) is 84.3 cm³/mol. The molecule has 6 heteroatoms. The van der Waals surface area contributed by atoms with Crippen LogP contribution in [0.15, 0.2) is 0 Å². The third-order valence-electron chi connectivity index (χ3n) is 4.38. The van der Waals surface area contributed by atoms with E-state index in [2.05, 4.69) is 9.80 Å². The van der Waals surface area contributed by atoms with E-state index < -0.39 is 0 Å². The topological polar surface area (TPSA) is 77.0 Å². The molecule has 0 spiro atoms. The molecule has 0 aliphatic carbocycles. The molecule has 124 valence electrons. The number of morpholine rings is 2. The maximum Gasteiger partial charge on any atom is 0.0976 e. The van der Waals surface area contributed by atoms with Crippen LogP contribution in [-0.2, 0) is 9.47 Å². The Balaban J connectivity index is 1.74. The van der Waals surface area contributed by atoms with E-state index in [0.29, 0.717) is 0 Å². The Labute approximate surface area is 128 Å². The van der Waals surface area contributed by atoms with Gasteiger partial charge in [-0.05, 0) is 45.4 Å². The average molecular weight is 300 g/mol. The lowest BCUT2D eigenvalue weighted by atomic mass is 10.1. The van der Waals surface area contributed by atoms with Gasteiger partial charge in [0, 0.05) is 26.2 Å². The molecule has 0 aromatic rings. The first-order chi connectivity index (χ1) is 10.3. The van der Waals surface area contributed by atoms with Crippen molar-refractivity contribution in [3.8, 4) is 0 Å². The van der Waals surface area contributed by atoms with E-state index in [1.165, 1.54) is 6.42 Å². The fourth-order valence-electron chi connectivity index (χ4n) is 3.11. The smallest absolute Gasteiger partial charge is 0.0976 e. The largest absolute Gasteiger partial charge is 0.373 e. The van der Waals surface area contributed by atoms with E-state index in [1.807, 2.05) is 0 Å². The van der Waals surface area contributed by atoms with Crippen molar-refractivity contribution in [2.45, 2.75) is 31.5 Å². The maximum atomic E-state index is 5.96. The van der Waals surface area contributed by atoms with Crippen LogP contribution < -0.4 is 11.5 Å². The molecule has 2 unspecified atom stereocenters. The van der Waals surface area contributed by atoms with Crippen LogP contribution in [0.3, 0.4) is 0 Å². The van der Waals surface area contributed by atoms with E-state index in [0.717, 1.165) is 78.4 Å². The van der Waals surface area contributed by atoms with Gasteiger partial charge in [0.2, 0.25) is 0 Å². The van der Waals surface area contributed by atoms with Crippen LogP contribution in [0.4, 0.5) is 0 Å². The molecule has 2 aliphatic heterocycles. The molecule has 0 bridgehead atoms. The summed E-state index contributed by atoms with van der Waals surface area (Å²) in [5.74, 6) is 0. The van der Waals surface area contributed by atoms with Gasteiger partial charge >= 0.3 is 0 Å². The normalized spacial score (nSPS) is 28.9. The highest BCUT2D eigenvalue weighted by Crippen LogP contribution is 2.16. The molecule has 0 aromatic heterocycles. The van der Waals surface area contributed by atoms with Gasteiger partial charge in [0.1, 0.15) is 0 Å². The van der Waals surface area contributed by atoms with Crippen molar-refractivity contribution in [1.82, 2.24) is 9.80 Å². The lowest BCUT2D eigenvalue weighted by Gasteiger charge is -2.41. The second kappa shape index (κ2) is 9.71. The zero-order valence-electron chi connectivity index (χ0n) is 13.2. The molecule has 4 N–H and O–H groups in total. The van der Waals surface area contributed by atoms with Crippen molar-refractivity contribution in [1.29, 1.82) is 0 Å². The van der Waals surface area contributed by atoms with Crippen LogP contribution in [0, 0.1) is 0 Å². The molecule has 0 radical (unpaired) electrons. The van der Waals surface area contributed by atoms with Gasteiger partial charge in [-0.3, -0.25) is 9.80 Å². The summed E-state index contributed by atoms with van der Waals surface area (Å²) in [4.78, 5) is 4.95. The highest BCUT2D eigenvalue weighted by molar-refractivity contribution is 4.83. The highest BCUT2D eigenvalue weighted by atomic mass is 16.5. The molecule has 2 atom stereocenters. The van der Waals surface area contributed by atoms with Crippen LogP contribution in [0.5, 0.6) is 0 Å². The number of hydrogen-bond acceptors (Lipinski definition) is 6. The number of hydrogen-bond donors (Lipinski definition) is 2. The first-order valence-electron chi connectivity index (χ1n) is 8.41. The third-order valence-corrected chi connectivity index (χ3v) is 4.38. The summed E-state index contributed by atoms with van der Waals surface area (Å²) in [6.07, 6.45) is 3.75. The van der Waals surface area contributed by atoms with E-state index in [4.69, 9.17) is 20.9 Å². The second-order valence-corrected chi connectivity index (χ2v) is 6.06. The van der Waals surface area contributed by atoms with Gasteiger partial charge < -0.3 is 20.9 Å². The summed E-state index contributed by atoms with van der Waals surface area (Å²) in [5, 5.41) is 0. The molecule has 0 amide bonds. The number of ether oxygens (including phenoxy) is 2. The van der Waals surface area contributed by atoms with Gasteiger partial charge in [0.05, 0.1) is 25.4 Å². The number of nitrogens with two attached hydrogens (primary N) is 2. The fraction of sp³-hybridized carbons (Fsp3) is 1.00. The number of unbranched alkanes of at least 4 members (excludes halogenated alkanes) is 1. The Morgan fingerprint density at radius 3 is 1.81 bits per heavy atom. The quantitative estimate of drug-likeness (QED) is 0.587. The molecular weight excluding hydrogens is 268 g/mol. The van der Waals surface area contributed by atoms with Gasteiger partial charge in [0.25, 0.3) is 0 Å². The molecule has 2 heterocycles. The molecule has 0 saturated carbocycles. The SMILES string of the molecule is NCCCCN1CCOC(C2CN(CCCN)CCO2)C1. The molecule has 6 nitrogen and oxygen atoms in total. The summed E-state index contributed by atoms with van der Waals surface area (Å²) >= 11 is 0. The van der Waals surface area contributed by atoms with Gasteiger partial charge in [-0.25, -0.2) is 0 Å². The standard InChI is InChI=1S/C15H32N4O2/c16-4-1-2-6-18-8-10-20-14(12-18)15-13-19(7-3-5-17)9-11-21-15/h14-15H,1-13,16-17H2. The molecule has 0 aromatic carbocycles. The van der Waals surface area contributed by atoms with Gasteiger partial charge in [-0.15, -0.1) is 0 Å². The fourth-order valence-corrected chi connectivity index (χ4v) is 3.11. The van der Waals surface area contributed by atoms with Crippen LogP contribution in [0.1, 0.15) is 19.3 Å². The van der Waals surface area contributed by atoms with Crippen molar-refractivity contribution in [2.75, 3.05) is 65.6 Å². The molecule has 2 saturated heterocycles. The first kappa shape index (κ1) is 17.1. The Morgan fingerprint density at radius 2 is 1.29 bits per heavy atom. The van der Waals surface area contributed by atoms with Crippen molar-refractivity contribution in [3.05, 3.63) is 0 Å². The first-order valence-corrected chi connectivity index (χ1v) is 8.41. The predicted octanol–water partition coefficient (Wildman–Crippen LogP) is -0.524. The van der Waals surface area contributed by atoms with E-state index >= 15 is 0 Å². The summed E-state index contributed by atoms with van der Waals surface area (Å²) in [6, 6.07) is 0. The molecule has 2 rings (SSSR count). The van der Waals surface area contributed by atoms with Crippen LogP contribution in [0.2, 0.25) is 0 Å². The summed E-state index contributed by atoms with van der Waals surface area (Å²) < 4.78 is 11.9. The van der Waals surface area contributed by atoms with Crippen molar-refractivity contribution >= 4 is 0 Å². The molecule has 2 fully saturated rings. The van der Waals surface area contributed by atoms with Crippen molar-refractivity contribution in [3.63, 3.8) is 0 Å². The number of nitrogens with zero attached hydrogens (tertiary/aromatic N) is 2. The summed E-state index contributed by atoms with van der Waals surface area (Å²) in [7, 11) is 0. The minimum atomic E-state index is 0.203. The minimum Gasteiger partial charge on any atom is -0.373 e. The summed E-state index contributed by atoms with van der Waals surface area (Å²) in [6.45, 7) is 9.38. The number of rotatable bonds is 8. The Bertz CT molecular complexity index is 280. The maximum absolute atomic E-state index is 5.96. The Hall–Kier alpha value is -0.240. The average Bonchev–Trinajstić information content (AvgIpc) is 2.54. The molecular formula is C15H32N4O2. The van der Waals surface area contributed by atoms with E-state index in [9.17, 15) is 0 Å². The second-order valence-electron chi connectivity index (χ2n) is 6.06. The lowest BCUT2D eigenvalue weighted by Crippen LogP contribution is -2.55. The molecule has 21 heavy (non-hydrogen) atoms. The van der Waals surface area contributed by atoms with Crippen LogP contribution in [-0.4, -0.2) is 87.6 Å². The Morgan fingerprint density at radius 1 is 0.762 bits per heavy atom. The third kappa shape index (κ3) is 5.81. The van der Waals surface area contributed by atoms with Gasteiger partial charge in [-0.1, -0.05) is 0 Å². The van der Waals surface area contributed by atoms with Crippen LogP contribution in [0.25, 0.3) is 0 Å². The van der Waals surface area contributed by atoms with E-state index in [1.54, 1.807) is 0 Å². The monoisotopic (exact) mass is 300 g/mol. The van der Waals surface area contributed by atoms with Crippen molar-refractivity contribution in [2.24, 2.45) is 11.5 Å².